The van der Waals surface area contributed by atoms with Crippen LogP contribution < -0.4 is 0 Å². The molecule has 0 saturated carbocycles. The van der Waals surface area contributed by atoms with Crippen LogP contribution in [0.25, 0.3) is 10.9 Å². The fourth-order valence-electron chi connectivity index (χ4n) is 2.22. The Morgan fingerprint density at radius 1 is 1.00 bits per heavy atom. The first kappa shape index (κ1) is 12.4. The average Bonchev–Trinajstić information content (AvgIpc) is 2.73. The maximum Gasteiger partial charge on any atom is 0.126 e. The number of halogens is 3. The Balaban J connectivity index is 2.04. The molecule has 3 aromatic rings. The van der Waals surface area contributed by atoms with E-state index in [0.29, 0.717) is 12.1 Å². The molecule has 0 amide bonds. The van der Waals surface area contributed by atoms with Crippen LogP contribution in [0.5, 0.6) is 0 Å². The van der Waals surface area contributed by atoms with Crippen molar-refractivity contribution in [1.29, 1.82) is 0 Å². The molecule has 96 valence electrons. The second-order valence-electron chi connectivity index (χ2n) is 4.39. The number of fused-ring (bicyclic) bond motifs is 1. The van der Waals surface area contributed by atoms with Gasteiger partial charge in [0.1, 0.15) is 11.6 Å². The Labute approximate surface area is 117 Å². The lowest BCUT2D eigenvalue weighted by molar-refractivity contribution is 0.578. The Hall–Kier alpha value is -1.68. The van der Waals surface area contributed by atoms with E-state index in [1.54, 1.807) is 0 Å². The minimum absolute atomic E-state index is 0.439. The van der Waals surface area contributed by atoms with Gasteiger partial charge >= 0.3 is 0 Å². The molecule has 0 spiro atoms. The molecule has 1 heterocycles. The highest BCUT2D eigenvalue weighted by Crippen LogP contribution is 2.25. The summed E-state index contributed by atoms with van der Waals surface area (Å²) in [5.41, 5.74) is 1.63. The van der Waals surface area contributed by atoms with Crippen LogP contribution in [0.4, 0.5) is 8.78 Å². The van der Waals surface area contributed by atoms with Gasteiger partial charge in [0, 0.05) is 34.2 Å². The van der Waals surface area contributed by atoms with Crippen LogP contribution >= 0.6 is 15.9 Å². The molecular weight excluding hydrogens is 312 g/mol. The molecule has 0 unspecified atom stereocenters. The maximum absolute atomic E-state index is 13.2. The topological polar surface area (TPSA) is 4.93 Å². The second-order valence-corrected chi connectivity index (χ2v) is 5.25. The van der Waals surface area contributed by atoms with Gasteiger partial charge in [-0.2, -0.15) is 0 Å². The smallest absolute Gasteiger partial charge is 0.126 e. The molecule has 0 fully saturated rings. The lowest BCUT2D eigenvalue weighted by atomic mass is 10.2. The Kier molecular flexibility index (Phi) is 3.11. The molecule has 1 nitrogen and oxygen atoms in total. The number of aromatic nitrogens is 1. The van der Waals surface area contributed by atoms with Crippen molar-refractivity contribution in [2.24, 2.45) is 0 Å². The highest BCUT2D eigenvalue weighted by Gasteiger charge is 2.06. The molecule has 0 radical (unpaired) electrons. The predicted molar refractivity (Wildman–Crippen MR) is 75.1 cm³/mol. The van der Waals surface area contributed by atoms with E-state index < -0.39 is 11.6 Å². The summed E-state index contributed by atoms with van der Waals surface area (Å²) in [4.78, 5) is 0. The normalized spacial score (nSPS) is 11.1. The zero-order valence-corrected chi connectivity index (χ0v) is 11.5. The largest absolute Gasteiger partial charge is 0.343 e. The van der Waals surface area contributed by atoms with Crippen LogP contribution in [-0.2, 0) is 6.54 Å². The van der Waals surface area contributed by atoms with E-state index in [1.165, 1.54) is 12.1 Å². The van der Waals surface area contributed by atoms with Crippen LogP contribution in [0.15, 0.2) is 53.1 Å². The molecule has 3 rings (SSSR count). The summed E-state index contributed by atoms with van der Waals surface area (Å²) in [6.07, 6.45) is 1.91. The molecular formula is C15H10BrF2N. The van der Waals surface area contributed by atoms with Gasteiger partial charge in [-0.3, -0.25) is 0 Å². The standard InChI is InChI=1S/C15H10BrF2N/c16-14-2-1-3-15-13(14)4-5-19(15)9-10-6-11(17)8-12(18)7-10/h1-8H,9H2. The third kappa shape index (κ3) is 2.40. The number of rotatable bonds is 2. The number of hydrogen-bond acceptors (Lipinski definition) is 0. The first-order valence-electron chi connectivity index (χ1n) is 5.82. The van der Waals surface area contributed by atoms with Crippen LogP contribution in [0.3, 0.4) is 0 Å². The van der Waals surface area contributed by atoms with Crippen LogP contribution in [0.2, 0.25) is 0 Å². The lowest BCUT2D eigenvalue weighted by Crippen LogP contribution is -1.99. The highest BCUT2D eigenvalue weighted by molar-refractivity contribution is 9.10. The fourth-order valence-corrected chi connectivity index (χ4v) is 2.71. The van der Waals surface area contributed by atoms with E-state index in [1.807, 2.05) is 35.0 Å². The third-order valence-corrected chi connectivity index (χ3v) is 3.73. The molecule has 0 saturated heterocycles. The molecule has 0 N–H and O–H groups in total. The Morgan fingerprint density at radius 2 is 1.74 bits per heavy atom. The minimum Gasteiger partial charge on any atom is -0.343 e. The van der Waals surface area contributed by atoms with Crippen LogP contribution in [-0.4, -0.2) is 4.57 Å². The van der Waals surface area contributed by atoms with Gasteiger partial charge < -0.3 is 4.57 Å². The van der Waals surface area contributed by atoms with E-state index in [-0.39, 0.29) is 0 Å². The van der Waals surface area contributed by atoms with Crippen molar-refractivity contribution in [2.45, 2.75) is 6.54 Å². The maximum atomic E-state index is 13.2. The average molecular weight is 322 g/mol. The van der Waals surface area contributed by atoms with Gasteiger partial charge in [0.25, 0.3) is 0 Å². The van der Waals surface area contributed by atoms with E-state index in [4.69, 9.17) is 0 Å². The van der Waals surface area contributed by atoms with Gasteiger partial charge in [-0.25, -0.2) is 8.78 Å². The quantitative estimate of drug-likeness (QED) is 0.643. The van der Waals surface area contributed by atoms with Gasteiger partial charge in [0.2, 0.25) is 0 Å². The summed E-state index contributed by atoms with van der Waals surface area (Å²) < 4.78 is 29.3. The molecule has 0 aliphatic carbocycles. The van der Waals surface area contributed by atoms with Gasteiger partial charge in [0.05, 0.1) is 0 Å². The lowest BCUT2D eigenvalue weighted by Gasteiger charge is -2.06. The highest BCUT2D eigenvalue weighted by atomic mass is 79.9. The van der Waals surface area contributed by atoms with E-state index in [2.05, 4.69) is 15.9 Å². The van der Waals surface area contributed by atoms with Gasteiger partial charge in [-0.15, -0.1) is 0 Å². The van der Waals surface area contributed by atoms with E-state index in [9.17, 15) is 8.78 Å². The van der Waals surface area contributed by atoms with E-state index in [0.717, 1.165) is 21.4 Å². The number of nitrogens with zero attached hydrogens (tertiary/aromatic N) is 1. The van der Waals surface area contributed by atoms with Crippen molar-refractivity contribution in [3.05, 3.63) is 70.3 Å². The number of benzene rings is 2. The van der Waals surface area contributed by atoms with E-state index >= 15 is 0 Å². The molecule has 4 heteroatoms. The molecule has 19 heavy (non-hydrogen) atoms. The molecule has 0 aliphatic heterocycles. The van der Waals surface area contributed by atoms with Gasteiger partial charge in [-0.1, -0.05) is 22.0 Å². The van der Waals surface area contributed by atoms with Crippen molar-refractivity contribution in [3.63, 3.8) is 0 Å². The summed E-state index contributed by atoms with van der Waals surface area (Å²) in [6, 6.07) is 11.5. The van der Waals surface area contributed by atoms with Crippen molar-refractivity contribution < 1.29 is 8.78 Å². The summed E-state index contributed by atoms with van der Waals surface area (Å²) in [5, 5.41) is 1.08. The van der Waals surface area contributed by atoms with Crippen LogP contribution in [0, 0.1) is 11.6 Å². The third-order valence-electron chi connectivity index (χ3n) is 3.04. The summed E-state index contributed by atoms with van der Waals surface area (Å²) >= 11 is 3.49. The van der Waals surface area contributed by atoms with Gasteiger partial charge in [0.15, 0.2) is 0 Å². The first-order valence-corrected chi connectivity index (χ1v) is 6.61. The molecule has 0 bridgehead atoms. The van der Waals surface area contributed by atoms with Crippen molar-refractivity contribution in [1.82, 2.24) is 4.57 Å². The monoisotopic (exact) mass is 321 g/mol. The Bertz CT molecular complexity index is 729. The van der Waals surface area contributed by atoms with Gasteiger partial charge in [-0.05, 0) is 35.9 Å². The minimum atomic E-state index is -0.548. The van der Waals surface area contributed by atoms with Crippen molar-refractivity contribution >= 4 is 26.8 Å². The summed E-state index contributed by atoms with van der Waals surface area (Å²) in [5.74, 6) is -1.10. The molecule has 0 atom stereocenters. The number of hydrogen-bond donors (Lipinski definition) is 0. The zero-order valence-electron chi connectivity index (χ0n) is 9.91. The second kappa shape index (κ2) is 4.78. The molecule has 1 aromatic heterocycles. The SMILES string of the molecule is Fc1cc(F)cc(Cn2ccc3c(Br)cccc32)c1. The first-order chi connectivity index (χ1) is 9.13. The zero-order chi connectivity index (χ0) is 13.4. The predicted octanol–water partition coefficient (Wildman–Crippen LogP) is 4.73. The van der Waals surface area contributed by atoms with Crippen molar-refractivity contribution in [2.75, 3.05) is 0 Å². The van der Waals surface area contributed by atoms with Crippen LogP contribution in [0.1, 0.15) is 5.56 Å². The van der Waals surface area contributed by atoms with Crippen molar-refractivity contribution in [3.8, 4) is 0 Å². The Morgan fingerprint density at radius 3 is 2.47 bits per heavy atom. The summed E-state index contributed by atoms with van der Waals surface area (Å²) in [6.45, 7) is 0.439. The fraction of sp³-hybridized carbons (Fsp3) is 0.0667. The molecule has 2 aromatic carbocycles. The molecule has 0 aliphatic rings. The summed E-state index contributed by atoms with van der Waals surface area (Å²) in [7, 11) is 0.